The van der Waals surface area contributed by atoms with Crippen LogP contribution in [0.1, 0.15) is 29.6 Å². The SMILES string of the molecule is COc1cc2c(cc1OC)C(CN)CC2O. The third-order valence-corrected chi connectivity index (χ3v) is 3.18. The van der Waals surface area contributed by atoms with Gasteiger partial charge in [-0.25, -0.2) is 0 Å². The quantitative estimate of drug-likeness (QED) is 0.807. The molecule has 0 bridgehead atoms. The van der Waals surface area contributed by atoms with Crippen LogP contribution < -0.4 is 15.2 Å². The number of hydrogen-bond acceptors (Lipinski definition) is 4. The first-order chi connectivity index (χ1) is 7.71. The number of methoxy groups -OCH3 is 2. The number of rotatable bonds is 3. The van der Waals surface area contributed by atoms with Crippen molar-refractivity contribution in [2.45, 2.75) is 18.4 Å². The zero-order valence-corrected chi connectivity index (χ0v) is 9.56. The molecule has 2 rings (SSSR count). The van der Waals surface area contributed by atoms with Crippen molar-refractivity contribution in [3.05, 3.63) is 23.3 Å². The minimum absolute atomic E-state index is 0.213. The summed E-state index contributed by atoms with van der Waals surface area (Å²) in [6.45, 7) is 0.541. The number of fused-ring (bicyclic) bond motifs is 1. The molecule has 0 heterocycles. The van der Waals surface area contributed by atoms with Gasteiger partial charge in [-0.05, 0) is 42.1 Å². The lowest BCUT2D eigenvalue weighted by atomic mass is 10.0. The Labute approximate surface area is 95.0 Å². The predicted molar refractivity (Wildman–Crippen MR) is 60.9 cm³/mol. The number of aliphatic hydroxyl groups excluding tert-OH is 1. The Kier molecular flexibility index (Phi) is 3.03. The molecule has 1 aromatic carbocycles. The minimum atomic E-state index is -0.441. The van der Waals surface area contributed by atoms with Gasteiger partial charge in [-0.2, -0.15) is 0 Å². The van der Waals surface area contributed by atoms with Gasteiger partial charge in [0.15, 0.2) is 11.5 Å². The largest absolute Gasteiger partial charge is 0.493 e. The van der Waals surface area contributed by atoms with E-state index in [2.05, 4.69) is 0 Å². The second-order valence-electron chi connectivity index (χ2n) is 4.02. The van der Waals surface area contributed by atoms with Crippen LogP contribution in [0, 0.1) is 0 Å². The Morgan fingerprint density at radius 3 is 2.31 bits per heavy atom. The van der Waals surface area contributed by atoms with E-state index in [9.17, 15) is 5.11 Å². The predicted octanol–water partition coefficient (Wildman–Crippen LogP) is 1.18. The standard InChI is InChI=1S/C12H17NO3/c1-15-11-4-8-7(6-13)3-10(14)9(8)5-12(11)16-2/h4-5,7,10,14H,3,6,13H2,1-2H3. The maximum absolute atomic E-state index is 9.91. The molecule has 1 aromatic rings. The summed E-state index contributed by atoms with van der Waals surface area (Å²) in [4.78, 5) is 0. The van der Waals surface area contributed by atoms with Crippen molar-refractivity contribution in [1.29, 1.82) is 0 Å². The lowest BCUT2D eigenvalue weighted by Gasteiger charge is -2.13. The Balaban J connectivity index is 2.50. The zero-order valence-electron chi connectivity index (χ0n) is 9.56. The van der Waals surface area contributed by atoms with Crippen LogP contribution in [-0.2, 0) is 0 Å². The second-order valence-corrected chi connectivity index (χ2v) is 4.02. The van der Waals surface area contributed by atoms with Gasteiger partial charge in [0.25, 0.3) is 0 Å². The topological polar surface area (TPSA) is 64.7 Å². The van der Waals surface area contributed by atoms with Crippen molar-refractivity contribution < 1.29 is 14.6 Å². The number of aliphatic hydroxyl groups is 1. The van der Waals surface area contributed by atoms with Crippen LogP contribution in [0.5, 0.6) is 11.5 Å². The summed E-state index contributed by atoms with van der Waals surface area (Å²) in [5.74, 6) is 1.55. The molecule has 0 saturated heterocycles. The molecular formula is C12H17NO3. The molecule has 0 saturated carbocycles. The molecule has 88 valence electrons. The first-order valence-corrected chi connectivity index (χ1v) is 5.35. The molecule has 0 amide bonds. The van der Waals surface area contributed by atoms with E-state index in [1.807, 2.05) is 12.1 Å². The van der Waals surface area contributed by atoms with Crippen molar-refractivity contribution in [2.75, 3.05) is 20.8 Å². The monoisotopic (exact) mass is 223 g/mol. The normalized spacial score (nSPS) is 23.0. The van der Waals surface area contributed by atoms with E-state index in [0.717, 1.165) is 11.1 Å². The number of nitrogens with two attached hydrogens (primary N) is 1. The highest BCUT2D eigenvalue weighted by atomic mass is 16.5. The van der Waals surface area contributed by atoms with E-state index in [4.69, 9.17) is 15.2 Å². The van der Waals surface area contributed by atoms with Gasteiger partial charge < -0.3 is 20.3 Å². The number of ether oxygens (including phenoxy) is 2. The van der Waals surface area contributed by atoms with E-state index < -0.39 is 6.10 Å². The van der Waals surface area contributed by atoms with Crippen molar-refractivity contribution >= 4 is 0 Å². The number of hydrogen-bond donors (Lipinski definition) is 2. The van der Waals surface area contributed by atoms with Gasteiger partial charge in [0.1, 0.15) is 0 Å². The molecule has 2 atom stereocenters. The minimum Gasteiger partial charge on any atom is -0.493 e. The van der Waals surface area contributed by atoms with Crippen LogP contribution in [0.25, 0.3) is 0 Å². The van der Waals surface area contributed by atoms with Crippen LogP contribution >= 0.6 is 0 Å². The fourth-order valence-corrected chi connectivity index (χ4v) is 2.30. The van der Waals surface area contributed by atoms with Crippen LogP contribution in [-0.4, -0.2) is 25.9 Å². The van der Waals surface area contributed by atoms with Crippen molar-refractivity contribution in [2.24, 2.45) is 5.73 Å². The third kappa shape index (κ3) is 1.64. The lowest BCUT2D eigenvalue weighted by molar-refractivity contribution is 0.173. The van der Waals surface area contributed by atoms with Gasteiger partial charge in [-0.1, -0.05) is 0 Å². The molecule has 2 unspecified atom stereocenters. The fourth-order valence-electron chi connectivity index (χ4n) is 2.30. The average Bonchev–Trinajstić information content (AvgIpc) is 2.63. The molecule has 0 fully saturated rings. The summed E-state index contributed by atoms with van der Waals surface area (Å²) < 4.78 is 10.5. The molecule has 1 aliphatic carbocycles. The summed E-state index contributed by atoms with van der Waals surface area (Å²) in [5.41, 5.74) is 7.68. The van der Waals surface area contributed by atoms with Crippen LogP contribution in [0.15, 0.2) is 12.1 Å². The lowest BCUT2D eigenvalue weighted by Crippen LogP contribution is -2.09. The molecule has 0 aliphatic heterocycles. The molecule has 4 nitrogen and oxygen atoms in total. The highest BCUT2D eigenvalue weighted by Gasteiger charge is 2.30. The van der Waals surface area contributed by atoms with Gasteiger partial charge in [0.05, 0.1) is 20.3 Å². The summed E-state index contributed by atoms with van der Waals surface area (Å²) in [7, 11) is 3.19. The second kappa shape index (κ2) is 4.31. The van der Waals surface area contributed by atoms with E-state index in [-0.39, 0.29) is 5.92 Å². The van der Waals surface area contributed by atoms with Gasteiger partial charge in [0, 0.05) is 0 Å². The molecule has 16 heavy (non-hydrogen) atoms. The Morgan fingerprint density at radius 1 is 1.25 bits per heavy atom. The van der Waals surface area contributed by atoms with Gasteiger partial charge >= 0.3 is 0 Å². The summed E-state index contributed by atoms with van der Waals surface area (Å²) in [6, 6.07) is 3.76. The van der Waals surface area contributed by atoms with Gasteiger partial charge in [-0.15, -0.1) is 0 Å². The Morgan fingerprint density at radius 2 is 1.81 bits per heavy atom. The Bertz CT molecular complexity index is 392. The summed E-state index contributed by atoms with van der Waals surface area (Å²) >= 11 is 0. The molecule has 4 heteroatoms. The molecule has 3 N–H and O–H groups in total. The van der Waals surface area contributed by atoms with Gasteiger partial charge in [-0.3, -0.25) is 0 Å². The molecule has 0 aromatic heterocycles. The fraction of sp³-hybridized carbons (Fsp3) is 0.500. The number of benzene rings is 1. The van der Waals surface area contributed by atoms with E-state index in [1.165, 1.54) is 0 Å². The van der Waals surface area contributed by atoms with Crippen LogP contribution in [0.4, 0.5) is 0 Å². The van der Waals surface area contributed by atoms with E-state index >= 15 is 0 Å². The maximum Gasteiger partial charge on any atom is 0.161 e. The zero-order chi connectivity index (χ0) is 11.7. The molecule has 1 aliphatic rings. The van der Waals surface area contributed by atoms with E-state index in [0.29, 0.717) is 24.5 Å². The highest BCUT2D eigenvalue weighted by Crippen LogP contribution is 2.44. The molecule has 0 spiro atoms. The summed E-state index contributed by atoms with van der Waals surface area (Å²) in [6.07, 6.45) is 0.241. The first kappa shape index (κ1) is 11.2. The van der Waals surface area contributed by atoms with Gasteiger partial charge in [0.2, 0.25) is 0 Å². The molecule has 0 radical (unpaired) electrons. The summed E-state index contributed by atoms with van der Waals surface area (Å²) in [5, 5.41) is 9.91. The van der Waals surface area contributed by atoms with Crippen molar-refractivity contribution in [3.63, 3.8) is 0 Å². The maximum atomic E-state index is 9.91. The average molecular weight is 223 g/mol. The van der Waals surface area contributed by atoms with Crippen molar-refractivity contribution in [1.82, 2.24) is 0 Å². The van der Waals surface area contributed by atoms with Crippen LogP contribution in [0.2, 0.25) is 0 Å². The first-order valence-electron chi connectivity index (χ1n) is 5.35. The van der Waals surface area contributed by atoms with E-state index in [1.54, 1.807) is 14.2 Å². The van der Waals surface area contributed by atoms with Crippen LogP contribution in [0.3, 0.4) is 0 Å². The highest BCUT2D eigenvalue weighted by molar-refractivity contribution is 5.51. The Hall–Kier alpha value is -1.26. The van der Waals surface area contributed by atoms with Crippen molar-refractivity contribution in [3.8, 4) is 11.5 Å². The molecular weight excluding hydrogens is 206 g/mol. The smallest absolute Gasteiger partial charge is 0.161 e. The third-order valence-electron chi connectivity index (χ3n) is 3.18.